The topological polar surface area (TPSA) is 59.8 Å². The highest BCUT2D eigenvalue weighted by atomic mass is 32.2. The molecule has 1 amide bonds. The van der Waals surface area contributed by atoms with Gasteiger partial charge in [0.05, 0.1) is 6.04 Å². The van der Waals surface area contributed by atoms with Gasteiger partial charge < -0.3 is 5.32 Å². The van der Waals surface area contributed by atoms with Gasteiger partial charge in [-0.25, -0.2) is 0 Å². The molecule has 1 N–H and O–H groups in total. The maximum atomic E-state index is 13.0. The summed E-state index contributed by atoms with van der Waals surface area (Å²) in [6.07, 6.45) is 1.17. The average molecular weight is 533 g/mol. The van der Waals surface area contributed by atoms with Crippen molar-refractivity contribution in [3.63, 3.8) is 0 Å². The predicted molar refractivity (Wildman–Crippen MR) is 159 cm³/mol. The van der Waals surface area contributed by atoms with Gasteiger partial charge in [-0.2, -0.15) is 0 Å². The molecule has 196 valence electrons. The number of hydrogen-bond donors (Lipinski definition) is 1. The molecule has 0 aliphatic rings. The first-order chi connectivity index (χ1) is 19.1. The summed E-state index contributed by atoms with van der Waals surface area (Å²) >= 11 is 1.63. The minimum Gasteiger partial charge on any atom is -0.345 e. The van der Waals surface area contributed by atoms with Crippen LogP contribution in [0, 0.1) is 13.8 Å². The molecule has 0 aliphatic heterocycles. The Hall–Kier alpha value is -4.16. The Balaban J connectivity index is 1.26. The number of aryl methyl sites for hydroxylation is 2. The number of aromatic nitrogens is 3. The second-order valence-corrected chi connectivity index (χ2v) is 10.7. The molecule has 0 aliphatic carbocycles. The smallest absolute Gasteiger partial charge is 0.220 e. The first-order valence-corrected chi connectivity index (χ1v) is 14.2. The van der Waals surface area contributed by atoms with Crippen LogP contribution >= 0.6 is 11.8 Å². The van der Waals surface area contributed by atoms with Crippen molar-refractivity contribution in [2.45, 2.75) is 37.9 Å². The van der Waals surface area contributed by atoms with Crippen molar-refractivity contribution in [2.24, 2.45) is 0 Å². The molecule has 0 saturated carbocycles. The van der Waals surface area contributed by atoms with E-state index in [9.17, 15) is 4.79 Å². The number of nitrogens with zero attached hydrogens (tertiary/aromatic N) is 3. The predicted octanol–water partition coefficient (Wildman–Crippen LogP) is 7.33. The van der Waals surface area contributed by atoms with E-state index in [2.05, 4.69) is 107 Å². The fourth-order valence-corrected chi connectivity index (χ4v) is 5.35. The van der Waals surface area contributed by atoms with Crippen LogP contribution in [0.1, 0.15) is 41.1 Å². The van der Waals surface area contributed by atoms with Crippen molar-refractivity contribution < 1.29 is 4.79 Å². The maximum absolute atomic E-state index is 13.0. The molecule has 0 atom stereocenters. The molecule has 1 heterocycles. The summed E-state index contributed by atoms with van der Waals surface area (Å²) in [6.45, 7) is 4.16. The largest absolute Gasteiger partial charge is 0.345 e. The molecule has 39 heavy (non-hydrogen) atoms. The lowest BCUT2D eigenvalue weighted by molar-refractivity contribution is -0.121. The highest BCUT2D eigenvalue weighted by Crippen LogP contribution is 2.29. The number of benzene rings is 4. The number of amides is 1. The summed E-state index contributed by atoms with van der Waals surface area (Å²) in [7, 11) is 0. The summed E-state index contributed by atoms with van der Waals surface area (Å²) in [5.74, 6) is 1.61. The van der Waals surface area contributed by atoms with E-state index in [1.165, 1.54) is 11.1 Å². The third kappa shape index (κ3) is 6.65. The molecule has 0 spiro atoms. The summed E-state index contributed by atoms with van der Waals surface area (Å²) < 4.78 is 2.11. The number of carbonyl (C=O) groups is 1. The molecule has 5 nitrogen and oxygen atoms in total. The average Bonchev–Trinajstić information content (AvgIpc) is 3.39. The number of hydrogen-bond acceptors (Lipinski definition) is 4. The zero-order valence-electron chi connectivity index (χ0n) is 22.2. The van der Waals surface area contributed by atoms with E-state index in [-0.39, 0.29) is 11.9 Å². The number of thioether (sulfide) groups is 1. The molecule has 0 bridgehead atoms. The molecular formula is C33H32N4OS. The minimum atomic E-state index is -0.172. The summed E-state index contributed by atoms with van der Waals surface area (Å²) in [5, 5.41) is 13.1. The fraction of sp³-hybridized carbons (Fsp3) is 0.182. The van der Waals surface area contributed by atoms with Crippen molar-refractivity contribution in [2.75, 3.05) is 5.75 Å². The van der Waals surface area contributed by atoms with Gasteiger partial charge in [-0.3, -0.25) is 9.36 Å². The Morgan fingerprint density at radius 2 is 1.33 bits per heavy atom. The molecule has 5 aromatic rings. The summed E-state index contributed by atoms with van der Waals surface area (Å²) in [6, 6.07) is 36.8. The summed E-state index contributed by atoms with van der Waals surface area (Å²) in [4.78, 5) is 13.0. The standard InChI is InChI=1S/C33H32N4OS/c1-24-15-19-28(20-16-24)32-35-36-33(37(32)29-21-17-25(2)18-22-29)39-23-9-14-30(38)34-31(26-10-5-3-6-11-26)27-12-7-4-8-13-27/h3-8,10-13,15-22,31H,9,14,23H2,1-2H3,(H,34,38). The van der Waals surface area contributed by atoms with Crippen LogP contribution < -0.4 is 5.32 Å². The summed E-state index contributed by atoms with van der Waals surface area (Å²) in [5.41, 5.74) is 6.59. The second-order valence-electron chi connectivity index (χ2n) is 9.62. The van der Waals surface area contributed by atoms with Crippen molar-refractivity contribution in [3.05, 3.63) is 131 Å². The van der Waals surface area contributed by atoms with Crippen LogP contribution in [0.25, 0.3) is 17.1 Å². The Morgan fingerprint density at radius 1 is 0.769 bits per heavy atom. The van der Waals surface area contributed by atoms with Gasteiger partial charge in [-0.05, 0) is 43.5 Å². The Morgan fingerprint density at radius 3 is 1.92 bits per heavy atom. The lowest BCUT2D eigenvalue weighted by atomic mass is 9.98. The van der Waals surface area contributed by atoms with Gasteiger partial charge in [-0.1, -0.05) is 120 Å². The van der Waals surface area contributed by atoms with Crippen molar-refractivity contribution >= 4 is 17.7 Å². The number of nitrogens with one attached hydrogen (secondary N) is 1. The van der Waals surface area contributed by atoms with Gasteiger partial charge >= 0.3 is 0 Å². The fourth-order valence-electron chi connectivity index (χ4n) is 4.46. The van der Waals surface area contributed by atoms with Gasteiger partial charge in [0, 0.05) is 23.4 Å². The second kappa shape index (κ2) is 12.6. The van der Waals surface area contributed by atoms with Gasteiger partial charge in [0.1, 0.15) is 0 Å². The molecule has 0 radical (unpaired) electrons. The molecule has 4 aromatic carbocycles. The van der Waals surface area contributed by atoms with Crippen LogP contribution in [0.2, 0.25) is 0 Å². The van der Waals surface area contributed by atoms with Gasteiger partial charge in [0.15, 0.2) is 11.0 Å². The molecule has 0 saturated heterocycles. The number of carbonyl (C=O) groups excluding carboxylic acids is 1. The third-order valence-electron chi connectivity index (χ3n) is 6.59. The van der Waals surface area contributed by atoms with Crippen LogP contribution in [0.3, 0.4) is 0 Å². The zero-order chi connectivity index (χ0) is 27.0. The van der Waals surface area contributed by atoms with E-state index in [1.807, 2.05) is 36.4 Å². The van der Waals surface area contributed by atoms with Crippen LogP contribution in [0.15, 0.2) is 114 Å². The Labute approximate surface area is 234 Å². The lowest BCUT2D eigenvalue weighted by Crippen LogP contribution is -2.29. The van der Waals surface area contributed by atoms with E-state index >= 15 is 0 Å². The molecule has 0 fully saturated rings. The first kappa shape index (κ1) is 26.4. The highest BCUT2D eigenvalue weighted by molar-refractivity contribution is 7.99. The lowest BCUT2D eigenvalue weighted by Gasteiger charge is -2.20. The third-order valence-corrected chi connectivity index (χ3v) is 7.60. The van der Waals surface area contributed by atoms with Gasteiger partial charge in [-0.15, -0.1) is 10.2 Å². The highest BCUT2D eigenvalue weighted by Gasteiger charge is 2.18. The Kier molecular flexibility index (Phi) is 8.54. The van der Waals surface area contributed by atoms with Crippen LogP contribution in [0.5, 0.6) is 0 Å². The van der Waals surface area contributed by atoms with E-state index in [4.69, 9.17) is 0 Å². The SMILES string of the molecule is Cc1ccc(-c2nnc(SCCCC(=O)NC(c3ccccc3)c3ccccc3)n2-c2ccc(C)cc2)cc1. The minimum absolute atomic E-state index is 0.0358. The number of rotatable bonds is 10. The van der Waals surface area contributed by atoms with E-state index in [1.54, 1.807) is 11.8 Å². The molecule has 0 unspecified atom stereocenters. The van der Waals surface area contributed by atoms with Crippen LogP contribution in [-0.2, 0) is 4.79 Å². The maximum Gasteiger partial charge on any atom is 0.220 e. The van der Waals surface area contributed by atoms with Crippen LogP contribution in [0.4, 0.5) is 0 Å². The van der Waals surface area contributed by atoms with Gasteiger partial charge in [0.2, 0.25) is 5.91 Å². The van der Waals surface area contributed by atoms with Crippen LogP contribution in [-0.4, -0.2) is 26.4 Å². The quantitative estimate of drug-likeness (QED) is 0.151. The van der Waals surface area contributed by atoms with E-state index in [0.29, 0.717) is 6.42 Å². The zero-order valence-corrected chi connectivity index (χ0v) is 23.1. The van der Waals surface area contributed by atoms with Crippen molar-refractivity contribution in [3.8, 4) is 17.1 Å². The first-order valence-electron chi connectivity index (χ1n) is 13.2. The Bertz CT molecular complexity index is 1460. The molecular weight excluding hydrogens is 500 g/mol. The van der Waals surface area contributed by atoms with E-state index in [0.717, 1.165) is 45.5 Å². The monoisotopic (exact) mass is 532 g/mol. The molecule has 5 rings (SSSR count). The normalized spacial score (nSPS) is 11.1. The molecule has 6 heteroatoms. The van der Waals surface area contributed by atoms with Gasteiger partial charge in [0.25, 0.3) is 0 Å². The van der Waals surface area contributed by atoms with E-state index < -0.39 is 0 Å². The molecule has 1 aromatic heterocycles. The van der Waals surface area contributed by atoms with Crippen molar-refractivity contribution in [1.29, 1.82) is 0 Å². The van der Waals surface area contributed by atoms with Crippen molar-refractivity contribution in [1.82, 2.24) is 20.1 Å².